The Hall–Kier alpha value is -3.73. The zero-order chi connectivity index (χ0) is 24.7. The minimum absolute atomic E-state index is 0.0168. The molecule has 4 nitrogen and oxygen atoms in total. The molecule has 2 atom stereocenters. The van der Waals surface area contributed by atoms with Crippen LogP contribution in [0.25, 0.3) is 11.1 Å². The molecule has 4 aromatic rings. The summed E-state index contributed by atoms with van der Waals surface area (Å²) in [7, 11) is 0. The van der Waals surface area contributed by atoms with Crippen molar-refractivity contribution >= 4 is 5.91 Å². The summed E-state index contributed by atoms with van der Waals surface area (Å²) < 4.78 is 0. The van der Waals surface area contributed by atoms with E-state index in [1.807, 2.05) is 72.8 Å². The van der Waals surface area contributed by atoms with Crippen LogP contribution in [0.15, 0.2) is 109 Å². The molecule has 1 amide bonds. The van der Waals surface area contributed by atoms with Crippen molar-refractivity contribution in [2.45, 2.75) is 37.5 Å². The zero-order valence-electron chi connectivity index (χ0n) is 20.3. The van der Waals surface area contributed by atoms with Crippen LogP contribution in [0.2, 0.25) is 0 Å². The van der Waals surface area contributed by atoms with Gasteiger partial charge in [0.05, 0.1) is 12.1 Å². The quantitative estimate of drug-likeness (QED) is 0.300. The molecule has 0 saturated heterocycles. The summed E-state index contributed by atoms with van der Waals surface area (Å²) in [5.74, 6) is -0.0299. The van der Waals surface area contributed by atoms with Gasteiger partial charge in [-0.25, -0.2) is 0 Å². The van der Waals surface area contributed by atoms with E-state index in [1.54, 1.807) is 0 Å². The molecule has 4 heteroatoms. The lowest BCUT2D eigenvalue weighted by molar-refractivity contribution is -0.122. The first-order valence-corrected chi connectivity index (χ1v) is 12.6. The predicted octanol–water partition coefficient (Wildman–Crippen LogP) is 5.07. The number of nitrogens with one attached hydrogen (secondary N) is 2. The smallest absolute Gasteiger partial charge is 0.221 e. The van der Waals surface area contributed by atoms with Crippen LogP contribution in [-0.2, 0) is 17.8 Å². The molecule has 0 heterocycles. The summed E-state index contributed by atoms with van der Waals surface area (Å²) in [4.78, 5) is 13.4. The van der Waals surface area contributed by atoms with Crippen LogP contribution >= 0.6 is 0 Å². The Bertz CT molecular complexity index is 1240. The number of rotatable bonds is 10. The van der Waals surface area contributed by atoms with E-state index >= 15 is 0 Å². The molecule has 0 aromatic heterocycles. The van der Waals surface area contributed by atoms with Crippen molar-refractivity contribution in [3.63, 3.8) is 0 Å². The van der Waals surface area contributed by atoms with Gasteiger partial charge in [0.1, 0.15) is 0 Å². The maximum Gasteiger partial charge on any atom is 0.221 e. The molecule has 4 aromatic carbocycles. The number of hydrogen-bond acceptors (Lipinski definition) is 3. The molecule has 182 valence electrons. The number of amides is 1. The van der Waals surface area contributed by atoms with Crippen molar-refractivity contribution in [3.8, 4) is 11.1 Å². The van der Waals surface area contributed by atoms with E-state index < -0.39 is 12.1 Å². The molecule has 0 radical (unpaired) electrons. The summed E-state index contributed by atoms with van der Waals surface area (Å²) in [6.45, 7) is 1.06. The second-order valence-electron chi connectivity index (χ2n) is 9.48. The van der Waals surface area contributed by atoms with E-state index in [0.717, 1.165) is 11.1 Å². The van der Waals surface area contributed by atoms with Gasteiger partial charge < -0.3 is 15.7 Å². The van der Waals surface area contributed by atoms with Crippen LogP contribution < -0.4 is 10.6 Å². The maximum absolute atomic E-state index is 13.4. The van der Waals surface area contributed by atoms with Crippen molar-refractivity contribution in [3.05, 3.63) is 131 Å². The van der Waals surface area contributed by atoms with Crippen molar-refractivity contribution in [1.29, 1.82) is 0 Å². The highest BCUT2D eigenvalue weighted by Crippen LogP contribution is 2.46. The van der Waals surface area contributed by atoms with Gasteiger partial charge in [0.2, 0.25) is 5.91 Å². The van der Waals surface area contributed by atoms with Gasteiger partial charge in [-0.15, -0.1) is 0 Å². The molecular weight excluding hydrogens is 444 g/mol. The second-order valence-corrected chi connectivity index (χ2v) is 9.48. The fourth-order valence-electron chi connectivity index (χ4n) is 5.18. The molecule has 0 saturated carbocycles. The minimum Gasteiger partial charge on any atom is -0.390 e. The summed E-state index contributed by atoms with van der Waals surface area (Å²) in [5, 5.41) is 17.6. The fraction of sp³-hybridized carbons (Fsp3) is 0.219. The summed E-state index contributed by atoms with van der Waals surface area (Å²) in [5.41, 5.74) is 7.04. The predicted molar refractivity (Wildman–Crippen MR) is 145 cm³/mol. The van der Waals surface area contributed by atoms with Gasteiger partial charge in [-0.05, 0) is 39.8 Å². The number of carbonyl (C=O) groups excluding carboxylic acids is 1. The Balaban J connectivity index is 1.28. The highest BCUT2D eigenvalue weighted by Gasteiger charge is 2.31. The van der Waals surface area contributed by atoms with E-state index in [1.165, 1.54) is 22.3 Å². The average Bonchev–Trinajstić information content (AvgIpc) is 3.23. The molecule has 1 aliphatic rings. The van der Waals surface area contributed by atoms with Crippen molar-refractivity contribution in [2.24, 2.45) is 0 Å². The van der Waals surface area contributed by atoms with Gasteiger partial charge in [-0.2, -0.15) is 0 Å². The van der Waals surface area contributed by atoms with Crippen molar-refractivity contribution in [2.75, 3.05) is 6.54 Å². The lowest BCUT2D eigenvalue weighted by Crippen LogP contribution is -2.48. The normalized spacial score (nSPS) is 14.0. The van der Waals surface area contributed by atoms with E-state index in [2.05, 4.69) is 47.0 Å². The topological polar surface area (TPSA) is 61.4 Å². The Morgan fingerprint density at radius 2 is 1.25 bits per heavy atom. The van der Waals surface area contributed by atoms with Gasteiger partial charge in [-0.3, -0.25) is 4.79 Å². The minimum atomic E-state index is -0.721. The Morgan fingerprint density at radius 3 is 1.86 bits per heavy atom. The molecule has 0 bridgehead atoms. The van der Waals surface area contributed by atoms with E-state index in [0.29, 0.717) is 25.9 Å². The van der Waals surface area contributed by atoms with Crippen LogP contribution in [-0.4, -0.2) is 29.7 Å². The van der Waals surface area contributed by atoms with E-state index in [4.69, 9.17) is 0 Å². The number of carbonyl (C=O) groups is 1. The third-order valence-corrected chi connectivity index (χ3v) is 6.99. The lowest BCUT2D eigenvalue weighted by atomic mass is 9.92. The molecular formula is C32H32N2O2. The summed E-state index contributed by atoms with van der Waals surface area (Å²) >= 11 is 0. The number of fused-ring (bicyclic) bond motifs is 3. The number of hydrogen-bond donors (Lipinski definition) is 3. The number of aliphatic hydroxyl groups is 1. The molecule has 5 rings (SSSR count). The number of benzene rings is 4. The van der Waals surface area contributed by atoms with Gasteiger partial charge >= 0.3 is 0 Å². The van der Waals surface area contributed by atoms with Crippen LogP contribution in [0.1, 0.15) is 34.6 Å². The van der Waals surface area contributed by atoms with Crippen LogP contribution in [0.5, 0.6) is 0 Å². The Kier molecular flexibility index (Phi) is 7.55. The van der Waals surface area contributed by atoms with Crippen LogP contribution in [0, 0.1) is 0 Å². The first kappa shape index (κ1) is 24.0. The highest BCUT2D eigenvalue weighted by atomic mass is 16.3. The van der Waals surface area contributed by atoms with Crippen LogP contribution in [0.3, 0.4) is 0 Å². The Morgan fingerprint density at radius 1 is 0.722 bits per heavy atom. The van der Waals surface area contributed by atoms with E-state index in [9.17, 15) is 9.90 Å². The SMILES string of the molecule is O=C(CC1c2ccccc2-c2ccccc21)N[C@@H](Cc1ccccc1)[C@@H](O)CNCc1ccccc1. The van der Waals surface area contributed by atoms with E-state index in [-0.39, 0.29) is 11.8 Å². The summed E-state index contributed by atoms with van der Waals surface area (Å²) in [6, 6.07) is 36.4. The monoisotopic (exact) mass is 476 g/mol. The fourth-order valence-corrected chi connectivity index (χ4v) is 5.18. The molecule has 0 aliphatic heterocycles. The van der Waals surface area contributed by atoms with Crippen LogP contribution in [0.4, 0.5) is 0 Å². The van der Waals surface area contributed by atoms with Gasteiger partial charge in [0.15, 0.2) is 0 Å². The average molecular weight is 477 g/mol. The number of aliphatic hydroxyl groups excluding tert-OH is 1. The molecule has 36 heavy (non-hydrogen) atoms. The standard InChI is InChI=1S/C32H32N2O2/c35-31(22-33-21-24-13-5-2-6-14-24)30(19-23-11-3-1-4-12-23)34-32(36)20-29-27-17-9-7-15-25(27)26-16-8-10-18-28(26)29/h1-18,29-31,33,35H,19-22H2,(H,34,36)/t30-,31-/m0/s1. The summed E-state index contributed by atoms with van der Waals surface area (Å²) in [6.07, 6.45) is 0.197. The molecule has 3 N–H and O–H groups in total. The zero-order valence-corrected chi connectivity index (χ0v) is 20.3. The first-order chi connectivity index (χ1) is 17.7. The first-order valence-electron chi connectivity index (χ1n) is 12.6. The van der Waals surface area contributed by atoms with Crippen molar-refractivity contribution in [1.82, 2.24) is 10.6 Å². The molecule has 0 fully saturated rings. The van der Waals surface area contributed by atoms with Gasteiger partial charge in [0.25, 0.3) is 0 Å². The van der Waals surface area contributed by atoms with Gasteiger partial charge in [0, 0.05) is 25.4 Å². The molecule has 0 spiro atoms. The molecule has 0 unspecified atom stereocenters. The van der Waals surface area contributed by atoms with Gasteiger partial charge in [-0.1, -0.05) is 109 Å². The third-order valence-electron chi connectivity index (χ3n) is 6.99. The van der Waals surface area contributed by atoms with Crippen molar-refractivity contribution < 1.29 is 9.90 Å². The lowest BCUT2D eigenvalue weighted by Gasteiger charge is -2.26. The highest BCUT2D eigenvalue weighted by molar-refractivity contribution is 5.84. The second kappa shape index (κ2) is 11.3. The third kappa shape index (κ3) is 5.56. The molecule has 1 aliphatic carbocycles. The maximum atomic E-state index is 13.4. The largest absolute Gasteiger partial charge is 0.390 e. The Labute approximate surface area is 213 Å².